The molecule has 0 bridgehead atoms. The quantitative estimate of drug-likeness (QED) is 0.577. The largest absolute Gasteiger partial charge is 0.506 e. The fourth-order valence-corrected chi connectivity index (χ4v) is 3.72. The van der Waals surface area contributed by atoms with E-state index in [4.69, 9.17) is 0 Å². The van der Waals surface area contributed by atoms with Crippen molar-refractivity contribution in [3.05, 3.63) is 23.8 Å². The SMILES string of the molecule is Cc1ccc(NC(=O)CN2C(=O)N[C@@]3(CCCC[C@@H]3C)C2=O)c(O)c1. The van der Waals surface area contributed by atoms with E-state index in [9.17, 15) is 19.5 Å². The predicted molar refractivity (Wildman–Crippen MR) is 92.1 cm³/mol. The van der Waals surface area contributed by atoms with E-state index < -0.39 is 17.5 Å². The van der Waals surface area contributed by atoms with Gasteiger partial charge in [-0.25, -0.2) is 4.79 Å². The molecule has 1 aliphatic carbocycles. The number of aromatic hydroxyl groups is 1. The summed E-state index contributed by atoms with van der Waals surface area (Å²) in [5.41, 5.74) is 0.239. The van der Waals surface area contributed by atoms with Crippen molar-refractivity contribution in [1.29, 1.82) is 0 Å². The molecule has 0 radical (unpaired) electrons. The fourth-order valence-electron chi connectivity index (χ4n) is 3.72. The molecule has 1 aliphatic heterocycles. The number of anilines is 1. The number of rotatable bonds is 3. The Morgan fingerprint density at radius 2 is 2.16 bits per heavy atom. The highest BCUT2D eigenvalue weighted by Gasteiger charge is 2.55. The number of carbonyl (C=O) groups excluding carboxylic acids is 3. The van der Waals surface area contributed by atoms with Gasteiger partial charge in [0.25, 0.3) is 5.91 Å². The summed E-state index contributed by atoms with van der Waals surface area (Å²) < 4.78 is 0. The van der Waals surface area contributed by atoms with E-state index in [1.165, 1.54) is 6.07 Å². The van der Waals surface area contributed by atoms with Crippen LogP contribution in [0, 0.1) is 12.8 Å². The molecule has 1 aromatic carbocycles. The molecule has 0 unspecified atom stereocenters. The van der Waals surface area contributed by atoms with Gasteiger partial charge in [-0.05, 0) is 43.4 Å². The van der Waals surface area contributed by atoms with Crippen LogP contribution in [0.1, 0.15) is 38.2 Å². The molecule has 2 fully saturated rings. The summed E-state index contributed by atoms with van der Waals surface area (Å²) in [4.78, 5) is 38.3. The average Bonchev–Trinajstić information content (AvgIpc) is 2.78. The van der Waals surface area contributed by atoms with E-state index >= 15 is 0 Å². The second-order valence-electron chi connectivity index (χ2n) is 7.01. The van der Waals surface area contributed by atoms with Gasteiger partial charge in [0.1, 0.15) is 17.8 Å². The van der Waals surface area contributed by atoms with Crippen LogP contribution in [-0.2, 0) is 9.59 Å². The Hall–Kier alpha value is -2.57. The number of benzene rings is 1. The molecule has 4 amide bonds. The number of carbonyl (C=O) groups is 3. The van der Waals surface area contributed by atoms with Crippen LogP contribution in [0.4, 0.5) is 10.5 Å². The van der Waals surface area contributed by atoms with Crippen LogP contribution in [0.3, 0.4) is 0 Å². The van der Waals surface area contributed by atoms with E-state index in [0.29, 0.717) is 6.42 Å². The Balaban J connectivity index is 1.71. The monoisotopic (exact) mass is 345 g/mol. The van der Waals surface area contributed by atoms with Gasteiger partial charge in [0.2, 0.25) is 5.91 Å². The number of phenols is 1. The number of aryl methyl sites for hydroxylation is 1. The molecule has 1 saturated carbocycles. The molecule has 3 N–H and O–H groups in total. The van der Waals surface area contributed by atoms with Gasteiger partial charge in [-0.1, -0.05) is 25.8 Å². The van der Waals surface area contributed by atoms with Crippen LogP contribution in [0.5, 0.6) is 5.75 Å². The van der Waals surface area contributed by atoms with Crippen LogP contribution >= 0.6 is 0 Å². The maximum Gasteiger partial charge on any atom is 0.325 e. The molecule has 134 valence electrons. The normalized spacial score (nSPS) is 26.0. The highest BCUT2D eigenvalue weighted by atomic mass is 16.3. The molecule has 1 spiro atoms. The minimum Gasteiger partial charge on any atom is -0.506 e. The van der Waals surface area contributed by atoms with E-state index in [0.717, 1.165) is 29.7 Å². The molecular formula is C18H23N3O4. The van der Waals surface area contributed by atoms with Gasteiger partial charge in [-0.15, -0.1) is 0 Å². The topological polar surface area (TPSA) is 98.7 Å². The van der Waals surface area contributed by atoms with Gasteiger partial charge >= 0.3 is 6.03 Å². The lowest BCUT2D eigenvalue weighted by atomic mass is 9.73. The lowest BCUT2D eigenvalue weighted by Gasteiger charge is -2.36. The van der Waals surface area contributed by atoms with Gasteiger partial charge in [-0.2, -0.15) is 0 Å². The third kappa shape index (κ3) is 3.06. The zero-order valence-corrected chi connectivity index (χ0v) is 14.5. The Morgan fingerprint density at radius 3 is 2.84 bits per heavy atom. The number of hydrogen-bond donors (Lipinski definition) is 3. The number of amides is 4. The van der Waals surface area contributed by atoms with Gasteiger partial charge in [0.05, 0.1) is 5.69 Å². The van der Waals surface area contributed by atoms with E-state index in [2.05, 4.69) is 10.6 Å². The summed E-state index contributed by atoms with van der Waals surface area (Å²) >= 11 is 0. The first-order valence-corrected chi connectivity index (χ1v) is 8.57. The lowest BCUT2D eigenvalue weighted by molar-refractivity contribution is -0.136. The smallest absolute Gasteiger partial charge is 0.325 e. The number of nitrogens with one attached hydrogen (secondary N) is 2. The van der Waals surface area contributed by atoms with Crippen molar-refractivity contribution in [2.75, 3.05) is 11.9 Å². The van der Waals surface area contributed by atoms with Crippen LogP contribution in [0.2, 0.25) is 0 Å². The Labute approximate surface area is 146 Å². The van der Waals surface area contributed by atoms with Gasteiger partial charge in [0.15, 0.2) is 0 Å². The van der Waals surface area contributed by atoms with Crippen LogP contribution < -0.4 is 10.6 Å². The molecule has 7 heteroatoms. The third-order valence-corrected chi connectivity index (χ3v) is 5.23. The summed E-state index contributed by atoms with van der Waals surface area (Å²) in [7, 11) is 0. The maximum absolute atomic E-state index is 12.8. The molecule has 1 aromatic rings. The maximum atomic E-state index is 12.8. The predicted octanol–water partition coefficient (Wildman–Crippen LogP) is 2.14. The zero-order valence-electron chi connectivity index (χ0n) is 14.5. The van der Waals surface area contributed by atoms with Crippen molar-refractivity contribution in [2.24, 2.45) is 5.92 Å². The lowest BCUT2D eigenvalue weighted by Crippen LogP contribution is -2.54. The van der Waals surface area contributed by atoms with E-state index in [-0.39, 0.29) is 29.8 Å². The van der Waals surface area contributed by atoms with E-state index in [1.54, 1.807) is 12.1 Å². The number of nitrogens with zero attached hydrogens (tertiary/aromatic N) is 1. The number of hydrogen-bond acceptors (Lipinski definition) is 4. The molecule has 2 aliphatic rings. The van der Waals surface area contributed by atoms with Gasteiger partial charge in [-0.3, -0.25) is 14.5 Å². The first kappa shape index (κ1) is 17.3. The Kier molecular flexibility index (Phi) is 4.41. The third-order valence-electron chi connectivity index (χ3n) is 5.23. The standard InChI is InChI=1S/C18H23N3O4/c1-11-6-7-13(14(22)9-11)19-15(23)10-21-16(24)18(20-17(21)25)8-4-3-5-12(18)2/h6-7,9,12,22H,3-5,8,10H2,1-2H3,(H,19,23)(H,20,25)/t12-,18+/m0/s1. The highest BCUT2D eigenvalue weighted by Crippen LogP contribution is 2.38. The number of urea groups is 1. The van der Waals surface area contributed by atoms with E-state index in [1.807, 2.05) is 13.8 Å². The molecule has 1 heterocycles. The second kappa shape index (κ2) is 6.38. The first-order valence-electron chi connectivity index (χ1n) is 8.57. The molecule has 1 saturated heterocycles. The summed E-state index contributed by atoms with van der Waals surface area (Å²) in [5, 5.41) is 15.2. The fraction of sp³-hybridized carbons (Fsp3) is 0.500. The average molecular weight is 345 g/mol. The highest BCUT2D eigenvalue weighted by molar-refractivity contribution is 6.10. The zero-order chi connectivity index (χ0) is 18.2. The summed E-state index contributed by atoms with van der Waals surface area (Å²) in [5.74, 6) is -0.856. The van der Waals surface area contributed by atoms with Crippen molar-refractivity contribution in [3.8, 4) is 5.75 Å². The minimum absolute atomic E-state index is 0.0481. The minimum atomic E-state index is -0.873. The number of phenolic OH excluding ortho intramolecular Hbond substituents is 1. The van der Waals surface area contributed by atoms with Gasteiger partial charge in [0, 0.05) is 0 Å². The molecule has 7 nitrogen and oxygen atoms in total. The van der Waals surface area contributed by atoms with Crippen molar-refractivity contribution >= 4 is 23.5 Å². The summed E-state index contributed by atoms with van der Waals surface area (Å²) in [6, 6.07) is 4.34. The van der Waals surface area contributed by atoms with Crippen molar-refractivity contribution < 1.29 is 19.5 Å². The van der Waals surface area contributed by atoms with Crippen LogP contribution in [0.25, 0.3) is 0 Å². The Bertz CT molecular complexity index is 733. The van der Waals surface area contributed by atoms with Gasteiger partial charge < -0.3 is 15.7 Å². The Morgan fingerprint density at radius 1 is 1.40 bits per heavy atom. The van der Waals surface area contributed by atoms with Crippen molar-refractivity contribution in [1.82, 2.24) is 10.2 Å². The van der Waals surface area contributed by atoms with Crippen molar-refractivity contribution in [3.63, 3.8) is 0 Å². The second-order valence-corrected chi connectivity index (χ2v) is 7.01. The van der Waals surface area contributed by atoms with Crippen molar-refractivity contribution in [2.45, 2.75) is 45.1 Å². The molecular weight excluding hydrogens is 322 g/mol. The summed E-state index contributed by atoms with van der Waals surface area (Å²) in [6.07, 6.45) is 3.41. The number of imide groups is 1. The molecule has 25 heavy (non-hydrogen) atoms. The summed E-state index contributed by atoms with van der Waals surface area (Å²) in [6.45, 7) is 3.42. The van der Waals surface area contributed by atoms with Crippen LogP contribution in [0.15, 0.2) is 18.2 Å². The molecule has 2 atom stereocenters. The molecule has 0 aromatic heterocycles. The van der Waals surface area contributed by atoms with Crippen LogP contribution in [-0.4, -0.2) is 39.9 Å². The first-order chi connectivity index (χ1) is 11.8. The molecule has 3 rings (SSSR count).